The summed E-state index contributed by atoms with van der Waals surface area (Å²) in [5, 5.41) is 0. The highest BCUT2D eigenvalue weighted by Crippen LogP contribution is 2.25. The minimum atomic E-state index is 0.878. The van der Waals surface area contributed by atoms with Crippen molar-refractivity contribution in [2.45, 2.75) is 130 Å². The predicted molar refractivity (Wildman–Crippen MR) is 113 cm³/mol. The van der Waals surface area contributed by atoms with Crippen LogP contribution in [-0.2, 0) is 0 Å². The average molecular weight is 337 g/mol. The fourth-order valence-corrected chi connectivity index (χ4v) is 3.77. The second-order valence-corrected chi connectivity index (χ2v) is 8.28. The minimum absolute atomic E-state index is 0.878. The molecular formula is C24H48. The highest BCUT2D eigenvalue weighted by molar-refractivity contribution is 4.79. The summed E-state index contributed by atoms with van der Waals surface area (Å²) in [5.74, 6) is 1.88. The zero-order valence-corrected chi connectivity index (χ0v) is 17.6. The predicted octanol–water partition coefficient (Wildman–Crippen LogP) is 9.10. The SMILES string of the molecule is CC/C=C/CCCCCCCCCC(CCCCCC)CC(C)C. The quantitative estimate of drug-likeness (QED) is 0.173. The van der Waals surface area contributed by atoms with Gasteiger partial charge in [0, 0.05) is 0 Å². The molecule has 0 heteroatoms. The van der Waals surface area contributed by atoms with Crippen LogP contribution in [0.15, 0.2) is 12.2 Å². The van der Waals surface area contributed by atoms with E-state index < -0.39 is 0 Å². The molecular weight excluding hydrogens is 288 g/mol. The maximum atomic E-state index is 2.40. The molecule has 0 fully saturated rings. The summed E-state index contributed by atoms with van der Waals surface area (Å²) in [7, 11) is 0. The van der Waals surface area contributed by atoms with Gasteiger partial charge < -0.3 is 0 Å². The second kappa shape index (κ2) is 19.1. The maximum Gasteiger partial charge on any atom is -0.0351 e. The van der Waals surface area contributed by atoms with Crippen molar-refractivity contribution in [1.82, 2.24) is 0 Å². The van der Waals surface area contributed by atoms with Gasteiger partial charge >= 0.3 is 0 Å². The van der Waals surface area contributed by atoms with E-state index in [-0.39, 0.29) is 0 Å². The average Bonchev–Trinajstić information content (AvgIpc) is 2.55. The van der Waals surface area contributed by atoms with Crippen molar-refractivity contribution in [3.8, 4) is 0 Å². The Morgan fingerprint density at radius 3 is 1.71 bits per heavy atom. The van der Waals surface area contributed by atoms with E-state index in [0.29, 0.717) is 0 Å². The molecule has 0 nitrogen and oxygen atoms in total. The third-order valence-electron chi connectivity index (χ3n) is 5.16. The van der Waals surface area contributed by atoms with E-state index in [9.17, 15) is 0 Å². The van der Waals surface area contributed by atoms with Crippen LogP contribution in [0, 0.1) is 11.8 Å². The van der Waals surface area contributed by atoms with Crippen molar-refractivity contribution >= 4 is 0 Å². The molecule has 0 amide bonds. The number of rotatable bonds is 18. The highest BCUT2D eigenvalue weighted by Gasteiger charge is 2.10. The molecule has 0 saturated carbocycles. The van der Waals surface area contributed by atoms with E-state index in [1.54, 1.807) is 0 Å². The zero-order valence-electron chi connectivity index (χ0n) is 17.6. The molecule has 144 valence electrons. The molecule has 0 radical (unpaired) electrons. The Morgan fingerprint density at radius 1 is 0.625 bits per heavy atom. The molecule has 1 unspecified atom stereocenters. The van der Waals surface area contributed by atoms with E-state index in [4.69, 9.17) is 0 Å². The Morgan fingerprint density at radius 2 is 1.17 bits per heavy atom. The minimum Gasteiger partial charge on any atom is -0.0888 e. The number of unbranched alkanes of at least 4 members (excludes halogenated alkanes) is 10. The number of hydrogen-bond acceptors (Lipinski definition) is 0. The van der Waals surface area contributed by atoms with Crippen LogP contribution in [0.3, 0.4) is 0 Å². The molecule has 0 rings (SSSR count). The van der Waals surface area contributed by atoms with E-state index in [2.05, 4.69) is 39.8 Å². The Balaban J connectivity index is 3.52. The van der Waals surface area contributed by atoms with E-state index in [1.165, 1.54) is 103 Å². The van der Waals surface area contributed by atoms with Gasteiger partial charge in [-0.25, -0.2) is 0 Å². The topological polar surface area (TPSA) is 0 Å². The van der Waals surface area contributed by atoms with Crippen molar-refractivity contribution in [3.05, 3.63) is 12.2 Å². The lowest BCUT2D eigenvalue weighted by molar-refractivity contribution is 0.339. The zero-order chi connectivity index (χ0) is 17.9. The van der Waals surface area contributed by atoms with Gasteiger partial charge in [0.1, 0.15) is 0 Å². The largest absolute Gasteiger partial charge is 0.0888 e. The van der Waals surface area contributed by atoms with Crippen molar-refractivity contribution in [3.63, 3.8) is 0 Å². The Kier molecular flexibility index (Phi) is 18.9. The Labute approximate surface area is 154 Å². The van der Waals surface area contributed by atoms with Crippen molar-refractivity contribution in [2.75, 3.05) is 0 Å². The van der Waals surface area contributed by atoms with Gasteiger partial charge in [-0.2, -0.15) is 0 Å². The molecule has 0 aromatic carbocycles. The van der Waals surface area contributed by atoms with Crippen molar-refractivity contribution < 1.29 is 0 Å². The first-order chi connectivity index (χ1) is 11.7. The van der Waals surface area contributed by atoms with E-state index in [1.807, 2.05) is 0 Å². The van der Waals surface area contributed by atoms with Crippen LogP contribution in [0.1, 0.15) is 130 Å². The van der Waals surface area contributed by atoms with Crippen LogP contribution in [-0.4, -0.2) is 0 Å². The maximum absolute atomic E-state index is 2.40. The lowest BCUT2D eigenvalue weighted by Crippen LogP contribution is -2.05. The number of allylic oxidation sites excluding steroid dienone is 2. The fourth-order valence-electron chi connectivity index (χ4n) is 3.77. The molecule has 0 aromatic heterocycles. The van der Waals surface area contributed by atoms with Crippen LogP contribution in [0.4, 0.5) is 0 Å². The van der Waals surface area contributed by atoms with Crippen LogP contribution >= 0.6 is 0 Å². The molecule has 24 heavy (non-hydrogen) atoms. The molecule has 0 aromatic rings. The van der Waals surface area contributed by atoms with Gasteiger partial charge in [0.05, 0.1) is 0 Å². The smallest absolute Gasteiger partial charge is 0.0351 e. The third kappa shape index (κ3) is 18.1. The van der Waals surface area contributed by atoms with Crippen molar-refractivity contribution in [1.29, 1.82) is 0 Å². The first-order valence-electron chi connectivity index (χ1n) is 11.4. The normalized spacial score (nSPS) is 13.2. The molecule has 0 saturated heterocycles. The Hall–Kier alpha value is -0.260. The van der Waals surface area contributed by atoms with Gasteiger partial charge in [-0.15, -0.1) is 0 Å². The number of hydrogen-bond donors (Lipinski definition) is 0. The molecule has 0 aliphatic rings. The summed E-state index contributed by atoms with van der Waals surface area (Å²) in [6.07, 6.45) is 27.5. The second-order valence-electron chi connectivity index (χ2n) is 8.28. The standard InChI is InChI=1S/C24H48/c1-5-7-9-11-12-13-14-15-16-17-19-21-24(22-23(3)4)20-18-10-8-6-2/h7,9,23-24H,5-6,8,10-22H2,1-4H3/b9-7+. The first-order valence-corrected chi connectivity index (χ1v) is 11.4. The molecule has 0 spiro atoms. The fraction of sp³-hybridized carbons (Fsp3) is 0.917. The molecule has 0 N–H and O–H groups in total. The molecule has 0 heterocycles. The lowest BCUT2D eigenvalue weighted by Gasteiger charge is -2.19. The molecule has 0 aliphatic carbocycles. The van der Waals surface area contributed by atoms with E-state index >= 15 is 0 Å². The summed E-state index contributed by atoms with van der Waals surface area (Å²) >= 11 is 0. The van der Waals surface area contributed by atoms with Crippen LogP contribution in [0.2, 0.25) is 0 Å². The van der Waals surface area contributed by atoms with Crippen LogP contribution in [0.5, 0.6) is 0 Å². The monoisotopic (exact) mass is 336 g/mol. The van der Waals surface area contributed by atoms with Crippen LogP contribution in [0.25, 0.3) is 0 Å². The lowest BCUT2D eigenvalue weighted by atomic mass is 9.87. The van der Waals surface area contributed by atoms with Crippen LogP contribution < -0.4 is 0 Å². The molecule has 1 atom stereocenters. The highest BCUT2D eigenvalue weighted by atomic mass is 14.2. The summed E-state index contributed by atoms with van der Waals surface area (Å²) in [4.78, 5) is 0. The summed E-state index contributed by atoms with van der Waals surface area (Å²) in [6, 6.07) is 0. The van der Waals surface area contributed by atoms with Gasteiger partial charge in [-0.3, -0.25) is 0 Å². The van der Waals surface area contributed by atoms with Gasteiger partial charge in [0.2, 0.25) is 0 Å². The summed E-state index contributed by atoms with van der Waals surface area (Å²) in [5.41, 5.74) is 0. The van der Waals surface area contributed by atoms with Gasteiger partial charge in [-0.1, -0.05) is 117 Å². The van der Waals surface area contributed by atoms with Crippen molar-refractivity contribution in [2.24, 2.45) is 11.8 Å². The summed E-state index contributed by atoms with van der Waals surface area (Å²) in [6.45, 7) is 9.32. The molecule has 0 aliphatic heterocycles. The van der Waals surface area contributed by atoms with E-state index in [0.717, 1.165) is 11.8 Å². The summed E-state index contributed by atoms with van der Waals surface area (Å²) < 4.78 is 0. The van der Waals surface area contributed by atoms with Gasteiger partial charge in [0.25, 0.3) is 0 Å². The van der Waals surface area contributed by atoms with Gasteiger partial charge in [0.15, 0.2) is 0 Å². The first kappa shape index (κ1) is 23.7. The van der Waals surface area contributed by atoms with Gasteiger partial charge in [-0.05, 0) is 37.5 Å². The Bertz CT molecular complexity index is 251. The molecule has 0 bridgehead atoms. The third-order valence-corrected chi connectivity index (χ3v) is 5.16.